The van der Waals surface area contributed by atoms with Crippen LogP contribution in [-0.4, -0.2) is 31.8 Å². The lowest BCUT2D eigenvalue weighted by molar-refractivity contribution is -0.158. The normalized spacial score (nSPS) is 15.2. The van der Waals surface area contributed by atoms with Crippen LogP contribution in [0.4, 0.5) is 0 Å². The third kappa shape index (κ3) is 8.53. The van der Waals surface area contributed by atoms with Gasteiger partial charge in [0.1, 0.15) is 11.6 Å². The Bertz CT molecular complexity index is 427. The summed E-state index contributed by atoms with van der Waals surface area (Å²) in [7, 11) is -3.53. The maximum Gasteiger partial charge on any atom is 0.324 e. The average molecular weight is 307 g/mol. The average Bonchev–Trinajstić information content (AvgIpc) is 2.06. The fourth-order valence-electron chi connectivity index (χ4n) is 1.63. The second kappa shape index (κ2) is 6.43. The van der Waals surface area contributed by atoms with Gasteiger partial charge in [0, 0.05) is 0 Å². The van der Waals surface area contributed by atoms with E-state index in [0.29, 0.717) is 0 Å². The topological polar surface area (TPSA) is 72.5 Å². The number of esters is 1. The first-order chi connectivity index (χ1) is 8.63. The molecule has 0 spiro atoms. The summed E-state index contributed by atoms with van der Waals surface area (Å²) in [5.41, 5.74) is -1.01. The molecule has 0 heterocycles. The predicted octanol–water partition coefficient (Wildman–Crippen LogP) is 2.32. The van der Waals surface area contributed by atoms with Crippen molar-refractivity contribution in [1.29, 1.82) is 0 Å². The van der Waals surface area contributed by atoms with Gasteiger partial charge in [-0.25, -0.2) is 13.1 Å². The molecule has 6 heteroatoms. The summed E-state index contributed by atoms with van der Waals surface area (Å²) in [4.78, 5) is 12.1. The lowest BCUT2D eigenvalue weighted by atomic mass is 10.0. The Kier molecular flexibility index (Phi) is 6.23. The van der Waals surface area contributed by atoms with Crippen LogP contribution in [0.2, 0.25) is 0 Å². The van der Waals surface area contributed by atoms with Crippen LogP contribution >= 0.6 is 0 Å². The zero-order valence-electron chi connectivity index (χ0n) is 13.9. The van der Waals surface area contributed by atoms with E-state index in [9.17, 15) is 13.2 Å². The maximum atomic E-state index is 12.1. The predicted molar refractivity (Wildman–Crippen MR) is 80.8 cm³/mol. The molecule has 1 atom stereocenters. The quantitative estimate of drug-likeness (QED) is 0.791. The molecule has 0 aromatic heterocycles. The van der Waals surface area contributed by atoms with Gasteiger partial charge in [-0.15, -0.1) is 0 Å². The van der Waals surface area contributed by atoms with Crippen LogP contribution in [0.1, 0.15) is 55.4 Å². The molecule has 120 valence electrons. The van der Waals surface area contributed by atoms with Crippen LogP contribution in [0.5, 0.6) is 0 Å². The number of carbonyl (C=O) groups is 1. The highest BCUT2D eigenvalue weighted by Crippen LogP contribution is 2.18. The number of hydrogen-bond donors (Lipinski definition) is 1. The largest absolute Gasteiger partial charge is 0.459 e. The first-order valence-electron chi connectivity index (χ1n) is 6.86. The lowest BCUT2D eigenvalue weighted by Gasteiger charge is -2.27. The number of rotatable bonds is 5. The smallest absolute Gasteiger partial charge is 0.324 e. The second-order valence-corrected chi connectivity index (χ2v) is 9.45. The zero-order valence-corrected chi connectivity index (χ0v) is 14.7. The molecule has 0 bridgehead atoms. The summed E-state index contributed by atoms with van der Waals surface area (Å²) in [6.45, 7) is 14.4. The van der Waals surface area contributed by atoms with Crippen LogP contribution < -0.4 is 4.72 Å². The van der Waals surface area contributed by atoms with E-state index >= 15 is 0 Å². The van der Waals surface area contributed by atoms with Crippen molar-refractivity contribution in [3.63, 3.8) is 0 Å². The summed E-state index contributed by atoms with van der Waals surface area (Å²) < 4.78 is 32.0. The maximum absolute atomic E-state index is 12.1. The van der Waals surface area contributed by atoms with Crippen molar-refractivity contribution in [2.24, 2.45) is 11.3 Å². The van der Waals surface area contributed by atoms with Crippen molar-refractivity contribution < 1.29 is 17.9 Å². The van der Waals surface area contributed by atoms with E-state index in [1.54, 1.807) is 34.6 Å². The minimum Gasteiger partial charge on any atom is -0.459 e. The Balaban J connectivity index is 5.01. The molecule has 0 radical (unpaired) electrons. The first-order valence-corrected chi connectivity index (χ1v) is 8.51. The molecule has 0 aromatic carbocycles. The van der Waals surface area contributed by atoms with E-state index in [1.807, 2.05) is 20.8 Å². The summed E-state index contributed by atoms with van der Waals surface area (Å²) in [6.07, 6.45) is 0. The Labute approximate surface area is 123 Å². The SMILES string of the molecule is CC(C)[C@@H](NS(=O)(=O)CC(C)(C)C)C(=O)OC(C)(C)C. The van der Waals surface area contributed by atoms with E-state index < -0.39 is 27.6 Å². The number of hydrogen-bond acceptors (Lipinski definition) is 4. The third-order valence-electron chi connectivity index (χ3n) is 2.26. The molecule has 0 saturated heterocycles. The first kappa shape index (κ1) is 19.4. The van der Waals surface area contributed by atoms with Gasteiger partial charge in [0.2, 0.25) is 10.0 Å². The molecule has 20 heavy (non-hydrogen) atoms. The molecule has 0 aliphatic carbocycles. The number of ether oxygens (including phenoxy) is 1. The summed E-state index contributed by atoms with van der Waals surface area (Å²) in [5, 5.41) is 0. The van der Waals surface area contributed by atoms with Crippen molar-refractivity contribution in [2.75, 3.05) is 5.75 Å². The monoisotopic (exact) mass is 307 g/mol. The Morgan fingerprint density at radius 3 is 1.85 bits per heavy atom. The van der Waals surface area contributed by atoms with E-state index in [2.05, 4.69) is 4.72 Å². The summed E-state index contributed by atoms with van der Waals surface area (Å²) >= 11 is 0. The van der Waals surface area contributed by atoms with Gasteiger partial charge in [-0.1, -0.05) is 34.6 Å². The van der Waals surface area contributed by atoms with Crippen molar-refractivity contribution in [2.45, 2.75) is 67.0 Å². The molecular weight excluding hydrogens is 278 g/mol. The molecule has 0 aliphatic heterocycles. The lowest BCUT2D eigenvalue weighted by Crippen LogP contribution is -2.48. The molecule has 0 amide bonds. The highest BCUT2D eigenvalue weighted by Gasteiger charge is 2.32. The molecule has 5 nitrogen and oxygen atoms in total. The van der Waals surface area contributed by atoms with E-state index in [1.165, 1.54) is 0 Å². The summed E-state index contributed by atoms with van der Waals surface area (Å²) in [6, 6.07) is -0.860. The number of carbonyl (C=O) groups excluding carboxylic acids is 1. The molecule has 0 aromatic rings. The van der Waals surface area contributed by atoms with Crippen LogP contribution in [0.25, 0.3) is 0 Å². The highest BCUT2D eigenvalue weighted by molar-refractivity contribution is 7.89. The number of sulfonamides is 1. The van der Waals surface area contributed by atoms with Crippen molar-refractivity contribution >= 4 is 16.0 Å². The van der Waals surface area contributed by atoms with Crippen LogP contribution in [-0.2, 0) is 19.6 Å². The number of nitrogens with one attached hydrogen (secondary N) is 1. The Hall–Kier alpha value is -0.620. The molecule has 1 N–H and O–H groups in total. The van der Waals surface area contributed by atoms with E-state index in [0.717, 1.165) is 0 Å². The van der Waals surface area contributed by atoms with Crippen molar-refractivity contribution in [3.05, 3.63) is 0 Å². The minimum absolute atomic E-state index is 0.0357. The zero-order chi connectivity index (χ0) is 16.4. The van der Waals surface area contributed by atoms with Gasteiger partial charge in [-0.05, 0) is 32.1 Å². The fourth-order valence-corrected chi connectivity index (χ4v) is 3.61. The Morgan fingerprint density at radius 2 is 1.55 bits per heavy atom. The molecule has 0 fully saturated rings. The van der Waals surface area contributed by atoms with Crippen molar-refractivity contribution in [1.82, 2.24) is 4.72 Å². The van der Waals surface area contributed by atoms with Gasteiger partial charge in [-0.3, -0.25) is 4.79 Å². The van der Waals surface area contributed by atoms with Gasteiger partial charge >= 0.3 is 5.97 Å². The van der Waals surface area contributed by atoms with Gasteiger partial charge in [0.15, 0.2) is 0 Å². The van der Waals surface area contributed by atoms with Gasteiger partial charge in [0.05, 0.1) is 5.75 Å². The molecule has 0 unspecified atom stereocenters. The molecule has 0 rings (SSSR count). The highest BCUT2D eigenvalue weighted by atomic mass is 32.2. The second-order valence-electron chi connectivity index (χ2n) is 7.69. The molecular formula is C14H29NO4S. The van der Waals surface area contributed by atoms with Gasteiger partial charge in [0.25, 0.3) is 0 Å². The fraction of sp³-hybridized carbons (Fsp3) is 0.929. The van der Waals surface area contributed by atoms with Crippen molar-refractivity contribution in [3.8, 4) is 0 Å². The standard InChI is InChI=1S/C14H29NO4S/c1-10(2)11(12(16)19-14(6,7)8)15-20(17,18)9-13(3,4)5/h10-11,15H,9H2,1-8H3/t11-/m1/s1. The molecule has 0 aliphatic rings. The Morgan fingerprint density at radius 1 is 1.10 bits per heavy atom. The minimum atomic E-state index is -3.53. The third-order valence-corrected chi connectivity index (χ3v) is 4.12. The van der Waals surface area contributed by atoms with E-state index in [-0.39, 0.29) is 17.1 Å². The molecule has 0 saturated carbocycles. The van der Waals surface area contributed by atoms with Crippen LogP contribution in [0.15, 0.2) is 0 Å². The van der Waals surface area contributed by atoms with Gasteiger partial charge < -0.3 is 4.74 Å². The van der Waals surface area contributed by atoms with Crippen LogP contribution in [0.3, 0.4) is 0 Å². The van der Waals surface area contributed by atoms with Gasteiger partial charge in [-0.2, -0.15) is 0 Å². The summed E-state index contributed by atoms with van der Waals surface area (Å²) in [5.74, 6) is -0.754. The van der Waals surface area contributed by atoms with E-state index in [4.69, 9.17) is 4.74 Å². The van der Waals surface area contributed by atoms with Crippen LogP contribution in [0, 0.1) is 11.3 Å².